The fraction of sp³-hybridized carbons (Fsp3) is 0.238. The minimum atomic E-state index is -0.467. The molecule has 2 amide bonds. The van der Waals surface area contributed by atoms with Gasteiger partial charge in [0.2, 0.25) is 5.91 Å². The molecule has 0 bridgehead atoms. The van der Waals surface area contributed by atoms with Gasteiger partial charge >= 0.3 is 0 Å². The van der Waals surface area contributed by atoms with Crippen LogP contribution in [0.15, 0.2) is 58.5 Å². The minimum Gasteiger partial charge on any atom is -0.497 e. The Morgan fingerprint density at radius 2 is 1.93 bits per heavy atom. The van der Waals surface area contributed by atoms with Crippen LogP contribution in [0.5, 0.6) is 5.75 Å². The van der Waals surface area contributed by atoms with Crippen LogP contribution in [-0.2, 0) is 9.59 Å². The Labute approximate surface area is 172 Å². The van der Waals surface area contributed by atoms with Crippen molar-refractivity contribution in [2.24, 2.45) is 9.98 Å². The van der Waals surface area contributed by atoms with Crippen LogP contribution in [0.25, 0.3) is 0 Å². The predicted octanol–water partition coefficient (Wildman–Crippen LogP) is 3.43. The highest BCUT2D eigenvalue weighted by molar-refractivity contribution is 8.15. The molecule has 2 heterocycles. The van der Waals surface area contributed by atoms with Crippen molar-refractivity contribution in [1.82, 2.24) is 4.90 Å². The summed E-state index contributed by atoms with van der Waals surface area (Å²) in [5, 5.41) is 2.88. The maximum absolute atomic E-state index is 12.7. The van der Waals surface area contributed by atoms with Crippen molar-refractivity contribution in [3.63, 3.8) is 0 Å². The maximum atomic E-state index is 12.7. The lowest BCUT2D eigenvalue weighted by atomic mass is 10.1. The van der Waals surface area contributed by atoms with E-state index in [9.17, 15) is 9.59 Å². The number of fused-ring (bicyclic) bond motifs is 3. The molecule has 2 aliphatic heterocycles. The molecule has 0 aromatic heterocycles. The van der Waals surface area contributed by atoms with E-state index >= 15 is 0 Å². The first-order valence-electron chi connectivity index (χ1n) is 9.19. The Morgan fingerprint density at radius 1 is 1.21 bits per heavy atom. The summed E-state index contributed by atoms with van der Waals surface area (Å²) in [6.07, 6.45) is 0. The van der Waals surface area contributed by atoms with Gasteiger partial charge in [-0.2, -0.15) is 0 Å². The van der Waals surface area contributed by atoms with E-state index in [4.69, 9.17) is 4.74 Å². The number of carbonyl (C=O) groups excluding carboxylic acids is 2. The second kappa shape index (κ2) is 7.71. The Balaban J connectivity index is 1.54. The number of aliphatic imine (C=N–C) groups is 2. The number of nitrogens with one attached hydrogen (secondary N) is 1. The molecule has 8 heteroatoms. The molecular weight excluding hydrogens is 388 g/mol. The van der Waals surface area contributed by atoms with Gasteiger partial charge in [-0.15, -0.1) is 0 Å². The molecule has 0 spiro atoms. The molecule has 4 rings (SSSR count). The van der Waals surface area contributed by atoms with Crippen LogP contribution in [0.1, 0.15) is 19.4 Å². The Morgan fingerprint density at radius 3 is 2.66 bits per heavy atom. The number of amides is 2. The van der Waals surface area contributed by atoms with Crippen LogP contribution in [0, 0.1) is 0 Å². The number of para-hydroxylation sites is 1. The van der Waals surface area contributed by atoms with Crippen LogP contribution in [-0.4, -0.2) is 46.1 Å². The van der Waals surface area contributed by atoms with Gasteiger partial charge in [0.05, 0.1) is 18.0 Å². The van der Waals surface area contributed by atoms with E-state index in [0.29, 0.717) is 22.4 Å². The monoisotopic (exact) mass is 408 g/mol. The highest BCUT2D eigenvalue weighted by Crippen LogP contribution is 2.34. The number of thioether (sulfide) groups is 1. The number of carbonyl (C=O) groups is 2. The van der Waals surface area contributed by atoms with Crippen molar-refractivity contribution in [2.75, 3.05) is 12.4 Å². The number of amidine groups is 2. The van der Waals surface area contributed by atoms with Crippen molar-refractivity contribution in [3.8, 4) is 5.75 Å². The van der Waals surface area contributed by atoms with Gasteiger partial charge in [0.1, 0.15) is 17.6 Å². The summed E-state index contributed by atoms with van der Waals surface area (Å²) < 4.78 is 5.13. The number of methoxy groups -OCH3 is 1. The lowest BCUT2D eigenvalue weighted by Crippen LogP contribution is -2.41. The van der Waals surface area contributed by atoms with Gasteiger partial charge in [0.15, 0.2) is 5.17 Å². The Kier molecular flexibility index (Phi) is 5.10. The van der Waals surface area contributed by atoms with Crippen molar-refractivity contribution >= 4 is 46.0 Å². The first-order chi connectivity index (χ1) is 14.0. The van der Waals surface area contributed by atoms with Crippen molar-refractivity contribution in [3.05, 3.63) is 54.1 Å². The van der Waals surface area contributed by atoms with Crippen LogP contribution in [0.2, 0.25) is 0 Å². The van der Waals surface area contributed by atoms with Gasteiger partial charge in [0.25, 0.3) is 5.91 Å². The van der Waals surface area contributed by atoms with E-state index in [1.54, 1.807) is 45.2 Å². The summed E-state index contributed by atoms with van der Waals surface area (Å²) in [6, 6.07) is 14.2. The quantitative estimate of drug-likeness (QED) is 0.840. The standard InChI is InChI=1S/C21H20N4O3S/c1-12-20(27)25-18(22-12)16-6-4-5-7-17(16)24-21(25)29-13(2)19(26)23-14-8-10-15(28-3)11-9-14/h4-13H,1-3H3,(H,23,26)/t12-,13-/m1/s1. The summed E-state index contributed by atoms with van der Waals surface area (Å²) in [5.41, 5.74) is 2.24. The molecule has 0 radical (unpaired) electrons. The van der Waals surface area contributed by atoms with Crippen molar-refractivity contribution in [1.29, 1.82) is 0 Å². The molecule has 29 heavy (non-hydrogen) atoms. The normalized spacial score (nSPS) is 18.4. The van der Waals surface area contributed by atoms with Gasteiger partial charge < -0.3 is 10.1 Å². The molecule has 1 N–H and O–H groups in total. The maximum Gasteiger partial charge on any atom is 0.258 e. The van der Waals surface area contributed by atoms with E-state index in [1.807, 2.05) is 24.3 Å². The summed E-state index contributed by atoms with van der Waals surface area (Å²) in [5.74, 6) is 0.996. The van der Waals surface area contributed by atoms with Crippen LogP contribution < -0.4 is 10.1 Å². The van der Waals surface area contributed by atoms with Crippen LogP contribution >= 0.6 is 11.8 Å². The smallest absolute Gasteiger partial charge is 0.258 e. The van der Waals surface area contributed by atoms with E-state index in [0.717, 1.165) is 11.3 Å². The number of ether oxygens (including phenoxy) is 1. The van der Waals surface area contributed by atoms with E-state index in [1.165, 1.54) is 16.7 Å². The molecule has 2 aromatic rings. The third-order valence-electron chi connectivity index (χ3n) is 4.67. The first-order valence-corrected chi connectivity index (χ1v) is 10.1. The topological polar surface area (TPSA) is 83.4 Å². The lowest BCUT2D eigenvalue weighted by Gasteiger charge is -2.26. The fourth-order valence-corrected chi connectivity index (χ4v) is 4.00. The second-order valence-electron chi connectivity index (χ2n) is 6.69. The Hall–Kier alpha value is -3.13. The molecule has 2 aromatic carbocycles. The van der Waals surface area contributed by atoms with Crippen molar-refractivity contribution < 1.29 is 14.3 Å². The number of anilines is 1. The van der Waals surface area contributed by atoms with Gasteiger partial charge in [-0.3, -0.25) is 14.6 Å². The highest BCUT2D eigenvalue weighted by atomic mass is 32.2. The van der Waals surface area contributed by atoms with Gasteiger partial charge in [0, 0.05) is 11.3 Å². The molecule has 0 aliphatic carbocycles. The third-order valence-corrected chi connectivity index (χ3v) is 5.72. The first kappa shape index (κ1) is 19.2. The Bertz CT molecular complexity index is 1030. The zero-order chi connectivity index (χ0) is 20.5. The van der Waals surface area contributed by atoms with Gasteiger partial charge in [-0.05, 0) is 50.2 Å². The number of rotatable bonds is 4. The average molecular weight is 408 g/mol. The molecule has 0 unspecified atom stereocenters. The lowest BCUT2D eigenvalue weighted by molar-refractivity contribution is -0.124. The fourth-order valence-electron chi connectivity index (χ4n) is 3.08. The summed E-state index contributed by atoms with van der Waals surface area (Å²) >= 11 is 1.24. The molecule has 148 valence electrons. The van der Waals surface area contributed by atoms with Gasteiger partial charge in [-0.1, -0.05) is 23.9 Å². The molecule has 0 fully saturated rings. The molecule has 2 aliphatic rings. The summed E-state index contributed by atoms with van der Waals surface area (Å²) in [6.45, 7) is 3.55. The van der Waals surface area contributed by atoms with Crippen LogP contribution in [0.3, 0.4) is 0 Å². The van der Waals surface area contributed by atoms with E-state index < -0.39 is 11.3 Å². The van der Waals surface area contributed by atoms with Gasteiger partial charge in [-0.25, -0.2) is 9.89 Å². The molecule has 0 saturated heterocycles. The van der Waals surface area contributed by atoms with Crippen LogP contribution in [0.4, 0.5) is 11.4 Å². The van der Waals surface area contributed by atoms with Crippen molar-refractivity contribution in [2.45, 2.75) is 25.1 Å². The largest absolute Gasteiger partial charge is 0.497 e. The van der Waals surface area contributed by atoms with E-state index in [2.05, 4.69) is 15.3 Å². The summed E-state index contributed by atoms with van der Waals surface area (Å²) in [7, 11) is 1.59. The number of hydrogen-bond acceptors (Lipinski definition) is 6. The highest BCUT2D eigenvalue weighted by Gasteiger charge is 2.40. The summed E-state index contributed by atoms with van der Waals surface area (Å²) in [4.78, 5) is 36.0. The average Bonchev–Trinajstić information content (AvgIpc) is 3.03. The zero-order valence-electron chi connectivity index (χ0n) is 16.2. The molecule has 0 saturated carbocycles. The number of benzene rings is 2. The minimum absolute atomic E-state index is 0.136. The molecule has 7 nitrogen and oxygen atoms in total. The third kappa shape index (κ3) is 3.63. The number of hydrogen-bond donors (Lipinski definition) is 1. The predicted molar refractivity (Wildman–Crippen MR) is 115 cm³/mol. The molecular formula is C21H20N4O3S. The SMILES string of the molecule is COc1ccc(NC(=O)[C@@H](C)SC2=Nc3ccccc3C3=N[C@H](C)C(=O)N23)cc1. The zero-order valence-corrected chi connectivity index (χ0v) is 17.1. The molecule has 2 atom stereocenters. The second-order valence-corrected chi connectivity index (χ2v) is 8.00. The number of nitrogens with zero attached hydrogens (tertiary/aromatic N) is 3. The van der Waals surface area contributed by atoms with E-state index in [-0.39, 0.29) is 11.8 Å².